The van der Waals surface area contributed by atoms with Crippen LogP contribution in [0.5, 0.6) is 0 Å². The van der Waals surface area contributed by atoms with Crippen LogP contribution in [0, 0.1) is 11.7 Å². The fourth-order valence-corrected chi connectivity index (χ4v) is 4.56. The summed E-state index contributed by atoms with van der Waals surface area (Å²) >= 11 is 0. The summed E-state index contributed by atoms with van der Waals surface area (Å²) in [5.41, 5.74) is 0.867. The third-order valence-corrected chi connectivity index (χ3v) is 7.26. The Kier molecular flexibility index (Phi) is 9.39. The van der Waals surface area contributed by atoms with Crippen LogP contribution >= 0.6 is 0 Å². The van der Waals surface area contributed by atoms with Crippen LogP contribution in [0.4, 0.5) is 20.7 Å². The number of carbonyl (C=O) groups excluding carboxylic acids is 1. The summed E-state index contributed by atoms with van der Waals surface area (Å²) in [4.78, 5) is 22.4. The highest BCUT2D eigenvalue weighted by Crippen LogP contribution is 2.22. The number of hydrogen-bond acceptors (Lipinski definition) is 8. The van der Waals surface area contributed by atoms with Crippen molar-refractivity contribution in [3.63, 3.8) is 0 Å². The van der Waals surface area contributed by atoms with Gasteiger partial charge in [0.2, 0.25) is 0 Å². The van der Waals surface area contributed by atoms with E-state index >= 15 is 0 Å². The zero-order valence-corrected chi connectivity index (χ0v) is 21.3. The smallest absolute Gasteiger partial charge is 0.410 e. The van der Waals surface area contributed by atoms with E-state index in [1.807, 2.05) is 13.8 Å². The summed E-state index contributed by atoms with van der Waals surface area (Å²) in [6.07, 6.45) is 5.66. The normalized spacial score (nSPS) is 14.8. The number of nitrogens with one attached hydrogen (secondary N) is 2. The number of rotatable bonds is 10. The molecule has 1 aromatic carbocycles. The van der Waals surface area contributed by atoms with E-state index in [0.29, 0.717) is 31.4 Å². The zero-order chi connectivity index (χ0) is 25.4. The Morgan fingerprint density at radius 2 is 1.91 bits per heavy atom. The molecule has 0 spiro atoms. The van der Waals surface area contributed by atoms with Crippen molar-refractivity contribution in [1.29, 1.82) is 0 Å². The number of nitrogens with zero attached hydrogens (tertiary/aromatic N) is 3. The van der Waals surface area contributed by atoms with Gasteiger partial charge in [-0.15, -0.1) is 0 Å². The van der Waals surface area contributed by atoms with Gasteiger partial charge in [0.05, 0.1) is 16.3 Å². The van der Waals surface area contributed by atoms with E-state index in [-0.39, 0.29) is 22.8 Å². The molecule has 0 aliphatic carbocycles. The fraction of sp³-hybridized carbons (Fsp3) is 0.542. The molecule has 1 aromatic heterocycles. The van der Waals surface area contributed by atoms with Gasteiger partial charge in [-0.3, -0.25) is 0 Å². The van der Waals surface area contributed by atoms with Gasteiger partial charge in [-0.2, -0.15) is 0 Å². The van der Waals surface area contributed by atoms with Crippen LogP contribution in [0.15, 0.2) is 35.5 Å². The van der Waals surface area contributed by atoms with Crippen molar-refractivity contribution in [1.82, 2.24) is 20.2 Å². The number of likely N-dealkylation sites (tertiary alicyclic amines) is 1. The van der Waals surface area contributed by atoms with Crippen molar-refractivity contribution < 1.29 is 22.3 Å². The second kappa shape index (κ2) is 12.3. The molecular formula is C24H34FN5O4S. The maximum absolute atomic E-state index is 14.3. The van der Waals surface area contributed by atoms with Crippen molar-refractivity contribution in [2.24, 2.45) is 5.92 Å². The number of piperidine rings is 1. The Hall–Kier alpha value is -2.79. The number of sulfone groups is 1. The minimum absolute atomic E-state index is 0.0162. The molecule has 0 atom stereocenters. The van der Waals surface area contributed by atoms with E-state index in [4.69, 9.17) is 4.74 Å². The van der Waals surface area contributed by atoms with Crippen LogP contribution in [0.25, 0.3) is 0 Å². The van der Waals surface area contributed by atoms with E-state index in [0.717, 1.165) is 50.2 Å². The third kappa shape index (κ3) is 7.86. The van der Waals surface area contributed by atoms with Crippen LogP contribution in [0.2, 0.25) is 0 Å². The van der Waals surface area contributed by atoms with Crippen molar-refractivity contribution in [3.05, 3.63) is 42.1 Å². The topological polar surface area (TPSA) is 114 Å². The first-order chi connectivity index (χ1) is 16.7. The van der Waals surface area contributed by atoms with Crippen LogP contribution in [0.3, 0.4) is 0 Å². The lowest BCUT2D eigenvalue weighted by Crippen LogP contribution is -2.42. The molecule has 2 heterocycles. The van der Waals surface area contributed by atoms with Crippen LogP contribution in [-0.2, 0) is 21.1 Å². The maximum atomic E-state index is 14.3. The van der Waals surface area contributed by atoms with E-state index < -0.39 is 15.7 Å². The largest absolute Gasteiger partial charge is 0.446 e. The van der Waals surface area contributed by atoms with Crippen molar-refractivity contribution in [2.45, 2.75) is 57.1 Å². The molecule has 0 radical (unpaired) electrons. The highest BCUT2D eigenvalue weighted by molar-refractivity contribution is 7.90. The van der Waals surface area contributed by atoms with Gasteiger partial charge in [0.1, 0.15) is 24.1 Å². The SMILES string of the molecule is CCC(CC)OC(=O)N1CCC(CNCc2cc(Nc3ccc(S(C)(=O)=O)cc3F)ncn2)CC1. The van der Waals surface area contributed by atoms with E-state index in [1.165, 1.54) is 18.5 Å². The molecule has 1 aliphatic rings. The number of ether oxygens (including phenoxy) is 1. The summed E-state index contributed by atoms with van der Waals surface area (Å²) in [5, 5.41) is 6.27. The predicted molar refractivity (Wildman–Crippen MR) is 132 cm³/mol. The molecule has 0 unspecified atom stereocenters. The number of halogens is 1. The number of anilines is 2. The Balaban J connectivity index is 1.45. The van der Waals surface area contributed by atoms with Gasteiger partial charge in [0.15, 0.2) is 9.84 Å². The molecule has 9 nitrogen and oxygen atoms in total. The van der Waals surface area contributed by atoms with Crippen molar-refractivity contribution in [2.75, 3.05) is 31.2 Å². The molecule has 2 aromatic rings. The Morgan fingerprint density at radius 1 is 1.20 bits per heavy atom. The Bertz CT molecular complexity index is 1100. The van der Waals surface area contributed by atoms with Gasteiger partial charge in [-0.05, 0) is 56.3 Å². The van der Waals surface area contributed by atoms with Crippen LogP contribution in [0.1, 0.15) is 45.2 Å². The van der Waals surface area contributed by atoms with Crippen LogP contribution in [-0.4, -0.2) is 61.4 Å². The molecule has 1 amide bonds. The second-order valence-electron chi connectivity index (χ2n) is 8.82. The van der Waals surface area contributed by atoms with E-state index in [1.54, 1.807) is 11.0 Å². The van der Waals surface area contributed by atoms with Gasteiger partial charge >= 0.3 is 6.09 Å². The van der Waals surface area contributed by atoms with E-state index in [2.05, 4.69) is 20.6 Å². The first kappa shape index (κ1) is 26.8. The molecule has 1 fully saturated rings. The lowest BCUT2D eigenvalue weighted by atomic mass is 9.97. The highest BCUT2D eigenvalue weighted by Gasteiger charge is 2.25. The highest BCUT2D eigenvalue weighted by atomic mass is 32.2. The molecule has 11 heteroatoms. The average Bonchev–Trinajstić information content (AvgIpc) is 2.83. The molecule has 35 heavy (non-hydrogen) atoms. The summed E-state index contributed by atoms with van der Waals surface area (Å²) in [5.74, 6) is 0.183. The summed E-state index contributed by atoms with van der Waals surface area (Å²) in [6.45, 7) is 6.74. The molecule has 0 saturated carbocycles. The van der Waals surface area contributed by atoms with Crippen molar-refractivity contribution >= 4 is 27.4 Å². The Labute approximate surface area is 206 Å². The number of carbonyl (C=O) groups is 1. The first-order valence-electron chi connectivity index (χ1n) is 11.9. The van der Waals surface area contributed by atoms with E-state index in [9.17, 15) is 17.6 Å². The number of hydrogen-bond donors (Lipinski definition) is 2. The predicted octanol–water partition coefficient (Wildman–Crippen LogP) is 3.89. The minimum atomic E-state index is -3.48. The third-order valence-electron chi connectivity index (χ3n) is 6.15. The van der Waals surface area contributed by atoms with Gasteiger partial charge in [0.25, 0.3) is 0 Å². The number of amides is 1. The van der Waals surface area contributed by atoms with Gasteiger partial charge in [-0.25, -0.2) is 27.6 Å². The standard InChI is InChI=1S/C24H34FN5O4S/c1-4-19(5-2)34-24(31)30-10-8-17(9-11-30)14-26-15-18-12-23(28-16-27-18)29-22-7-6-20(13-21(22)25)35(3,32)33/h6-7,12-13,16-17,19,26H,4-5,8-11,14-15H2,1-3H3,(H,27,28,29). The number of benzene rings is 1. The number of aromatic nitrogens is 2. The lowest BCUT2D eigenvalue weighted by Gasteiger charge is -2.32. The van der Waals surface area contributed by atoms with Gasteiger partial charge < -0.3 is 20.3 Å². The quantitative estimate of drug-likeness (QED) is 0.498. The summed E-state index contributed by atoms with van der Waals surface area (Å²) < 4.78 is 43.0. The monoisotopic (exact) mass is 507 g/mol. The summed E-state index contributed by atoms with van der Waals surface area (Å²) in [7, 11) is -3.48. The molecule has 2 N–H and O–H groups in total. The molecular weight excluding hydrogens is 473 g/mol. The van der Waals surface area contributed by atoms with Crippen LogP contribution < -0.4 is 10.6 Å². The lowest BCUT2D eigenvalue weighted by molar-refractivity contribution is 0.0497. The molecule has 0 bridgehead atoms. The first-order valence-corrected chi connectivity index (χ1v) is 13.8. The molecule has 1 saturated heterocycles. The fourth-order valence-electron chi connectivity index (χ4n) is 3.92. The molecule has 3 rings (SSSR count). The Morgan fingerprint density at radius 3 is 2.54 bits per heavy atom. The second-order valence-corrected chi connectivity index (χ2v) is 10.8. The molecule has 1 aliphatic heterocycles. The molecule has 192 valence electrons. The van der Waals surface area contributed by atoms with Crippen molar-refractivity contribution in [3.8, 4) is 0 Å². The minimum Gasteiger partial charge on any atom is -0.446 e. The summed E-state index contributed by atoms with van der Waals surface area (Å²) in [6, 6.07) is 5.42. The van der Waals surface area contributed by atoms with Gasteiger partial charge in [-0.1, -0.05) is 13.8 Å². The zero-order valence-electron chi connectivity index (χ0n) is 20.5. The van der Waals surface area contributed by atoms with Gasteiger partial charge in [0, 0.05) is 32.0 Å². The maximum Gasteiger partial charge on any atom is 0.410 e. The average molecular weight is 508 g/mol.